The number of phenols is 2. The fraction of sp³-hybridized carbons (Fsp3) is 0.682. The van der Waals surface area contributed by atoms with Crippen molar-refractivity contribution in [2.75, 3.05) is 6.61 Å². The van der Waals surface area contributed by atoms with Gasteiger partial charge in [-0.05, 0) is 53.2 Å². The van der Waals surface area contributed by atoms with E-state index < -0.39 is 5.09 Å². The monoisotopic (exact) mass is 401 g/mol. The minimum Gasteiger partial charge on any atom is -0.507 e. The Labute approximate surface area is 169 Å². The van der Waals surface area contributed by atoms with Crippen LogP contribution in [0, 0.1) is 33.3 Å². The fourth-order valence-corrected chi connectivity index (χ4v) is 6.88. The number of hydrogen-bond donors (Lipinski definition) is 2. The quantitative estimate of drug-likeness (QED) is 0.352. The van der Waals surface area contributed by atoms with Gasteiger partial charge in [0.25, 0.3) is 5.09 Å². The average molecular weight is 401 g/mol. The second-order valence-corrected chi connectivity index (χ2v) is 10.0. The lowest BCUT2D eigenvalue weighted by molar-refractivity contribution is -0.757. The van der Waals surface area contributed by atoms with Crippen molar-refractivity contribution in [2.24, 2.45) is 23.2 Å². The van der Waals surface area contributed by atoms with Crippen molar-refractivity contribution < 1.29 is 24.9 Å². The first-order valence-corrected chi connectivity index (χ1v) is 10.6. The van der Waals surface area contributed by atoms with Crippen LogP contribution in [0.1, 0.15) is 63.5 Å². The highest BCUT2D eigenvalue weighted by Gasteiger charge is 3.14. The van der Waals surface area contributed by atoms with Gasteiger partial charge in [-0.1, -0.05) is 33.1 Å². The number of benzene rings is 1. The Morgan fingerprint density at radius 1 is 1.21 bits per heavy atom. The van der Waals surface area contributed by atoms with Crippen molar-refractivity contribution in [3.05, 3.63) is 33.4 Å². The number of aromatic hydroxyl groups is 2. The smallest absolute Gasteiger partial charge is 0.294 e. The molecule has 4 aliphatic rings. The van der Waals surface area contributed by atoms with Crippen LogP contribution in [-0.2, 0) is 20.5 Å². The van der Waals surface area contributed by atoms with Crippen LogP contribution in [0.5, 0.6) is 11.5 Å². The van der Waals surface area contributed by atoms with E-state index in [1.807, 2.05) is 0 Å². The zero-order valence-electron chi connectivity index (χ0n) is 16.8. The van der Waals surface area contributed by atoms with E-state index >= 15 is 0 Å². The molecule has 0 amide bonds. The maximum absolute atomic E-state index is 12.1. The van der Waals surface area contributed by atoms with Crippen LogP contribution in [0.2, 0.25) is 0 Å². The minimum atomic E-state index is -0.763. The topological polar surface area (TPSA) is 110 Å². The molecular formula is C22H27NO6. The maximum atomic E-state index is 12.1. The third kappa shape index (κ3) is 2.21. The van der Waals surface area contributed by atoms with E-state index in [9.17, 15) is 25.1 Å². The first-order valence-electron chi connectivity index (χ1n) is 10.6. The molecule has 5 rings (SSSR count). The molecule has 0 radical (unpaired) electrons. The molecule has 0 aromatic heterocycles. The van der Waals surface area contributed by atoms with Gasteiger partial charge in [-0.25, -0.2) is 0 Å². The number of phenolic OH excluding ortho intramolecular Hbond substituents is 2. The molecule has 2 unspecified atom stereocenters. The number of ketones is 1. The van der Waals surface area contributed by atoms with Crippen molar-refractivity contribution in [3.63, 3.8) is 0 Å². The molecule has 4 fully saturated rings. The summed E-state index contributed by atoms with van der Waals surface area (Å²) in [6.45, 7) is 4.32. The number of fused-ring (bicyclic) bond motifs is 3. The van der Waals surface area contributed by atoms with Crippen LogP contribution in [0.25, 0.3) is 0 Å². The summed E-state index contributed by atoms with van der Waals surface area (Å²) < 4.78 is 0. The Morgan fingerprint density at radius 3 is 2.41 bits per heavy atom. The molecule has 7 heteroatoms. The predicted molar refractivity (Wildman–Crippen MR) is 103 cm³/mol. The first-order chi connectivity index (χ1) is 13.7. The van der Waals surface area contributed by atoms with E-state index in [0.29, 0.717) is 36.0 Å². The van der Waals surface area contributed by atoms with E-state index in [4.69, 9.17) is 0 Å². The lowest BCUT2D eigenvalue weighted by Gasteiger charge is -2.29. The number of unbranched alkanes of at least 4 members (excludes halogenated alkanes) is 3. The number of rotatable bonds is 10. The highest BCUT2D eigenvalue weighted by molar-refractivity contribution is 6.02. The van der Waals surface area contributed by atoms with E-state index in [-0.39, 0.29) is 40.3 Å². The average Bonchev–Trinajstić information content (AvgIpc) is 3.53. The summed E-state index contributed by atoms with van der Waals surface area (Å²) in [5.41, 5.74) is 1.11. The summed E-state index contributed by atoms with van der Waals surface area (Å²) in [6.07, 6.45) is 4.76. The predicted octanol–water partition coefficient (Wildman–Crippen LogP) is 3.62. The second-order valence-electron chi connectivity index (χ2n) is 10.0. The number of carbonyl (C=O) groups is 1. The van der Waals surface area contributed by atoms with Gasteiger partial charge in [0.2, 0.25) is 0 Å². The lowest BCUT2D eigenvalue weighted by Crippen LogP contribution is -2.24. The Hall–Kier alpha value is -2.31. The van der Waals surface area contributed by atoms with Crippen molar-refractivity contribution in [1.29, 1.82) is 0 Å². The van der Waals surface area contributed by atoms with E-state index in [2.05, 4.69) is 18.7 Å². The summed E-state index contributed by atoms with van der Waals surface area (Å²) in [5, 5.41) is 30.9. The van der Waals surface area contributed by atoms with Gasteiger partial charge >= 0.3 is 0 Å². The van der Waals surface area contributed by atoms with Gasteiger partial charge in [0.1, 0.15) is 17.3 Å². The highest BCUT2D eigenvalue weighted by atomic mass is 16.9. The molecule has 5 atom stereocenters. The van der Waals surface area contributed by atoms with Crippen LogP contribution < -0.4 is 0 Å². The van der Waals surface area contributed by atoms with Crippen LogP contribution in [0.15, 0.2) is 12.1 Å². The van der Waals surface area contributed by atoms with Crippen LogP contribution >= 0.6 is 0 Å². The Morgan fingerprint density at radius 2 is 1.86 bits per heavy atom. The fourth-order valence-electron chi connectivity index (χ4n) is 6.88. The minimum absolute atomic E-state index is 0.106. The van der Waals surface area contributed by atoms with Crippen molar-refractivity contribution in [3.8, 4) is 11.5 Å². The summed E-state index contributed by atoms with van der Waals surface area (Å²) in [4.78, 5) is 26.6. The van der Waals surface area contributed by atoms with Crippen molar-refractivity contribution >= 4 is 5.78 Å². The molecule has 0 heterocycles. The number of carbonyl (C=O) groups excluding carboxylic acids is 1. The standard InChI is InChI=1S/C22H27NO6/c1-20(2,7-5-3-4-6-8-29-23(27)28)12-9-13(24)16(14(25)10-12)21-11-15(26)17-18-19(21)22(17,18)21/h9-10,17-19,24-25H,3-8,11H2,1-2H3/t17-,18?,19-,21+,22?/m1/s1. The Bertz CT molecular complexity index is 903. The first kappa shape index (κ1) is 18.7. The van der Waals surface area contributed by atoms with Crippen LogP contribution in [0.3, 0.4) is 0 Å². The van der Waals surface area contributed by atoms with Crippen molar-refractivity contribution in [1.82, 2.24) is 0 Å². The molecule has 0 aliphatic heterocycles. The number of nitrogens with zero attached hydrogens (tertiary/aromatic N) is 1. The van der Waals surface area contributed by atoms with Gasteiger partial charge in [-0.2, -0.15) is 0 Å². The molecular weight excluding hydrogens is 374 g/mol. The molecule has 4 aliphatic carbocycles. The van der Waals surface area contributed by atoms with Gasteiger partial charge in [-0.3, -0.25) is 4.79 Å². The number of Topliss-reactive ketones (excluding diaryl/α,β-unsaturated/α-hetero) is 1. The summed E-state index contributed by atoms with van der Waals surface area (Å²) >= 11 is 0. The normalized spacial score (nSPS) is 35.1. The third-order valence-corrected chi connectivity index (χ3v) is 8.32. The van der Waals surface area contributed by atoms with Gasteiger partial charge in [0.05, 0.1) is 6.61 Å². The van der Waals surface area contributed by atoms with Gasteiger partial charge in [-0.15, -0.1) is 10.1 Å². The maximum Gasteiger partial charge on any atom is 0.294 e. The van der Waals surface area contributed by atoms with Gasteiger partial charge in [0, 0.05) is 23.3 Å². The molecule has 4 saturated carbocycles. The zero-order valence-corrected chi connectivity index (χ0v) is 16.8. The van der Waals surface area contributed by atoms with E-state index in [0.717, 1.165) is 31.2 Å². The van der Waals surface area contributed by atoms with E-state index in [1.165, 1.54) is 0 Å². The molecule has 29 heavy (non-hydrogen) atoms. The molecule has 2 N–H and O–H groups in total. The molecule has 1 aromatic carbocycles. The van der Waals surface area contributed by atoms with Gasteiger partial charge < -0.3 is 15.1 Å². The largest absolute Gasteiger partial charge is 0.507 e. The van der Waals surface area contributed by atoms with Gasteiger partial charge in [0.15, 0.2) is 0 Å². The molecule has 0 bridgehead atoms. The SMILES string of the molecule is CC(C)(CCCCCCO[N+](=O)[O-])c1cc(O)c([C@@]23CC(=O)[C@@H]4C5[C@H]2C543)c(O)c1. The molecule has 7 nitrogen and oxygen atoms in total. The molecule has 1 aromatic rings. The molecule has 1 spiro atoms. The Balaban J connectivity index is 1.22. The third-order valence-electron chi connectivity index (χ3n) is 8.32. The summed E-state index contributed by atoms with van der Waals surface area (Å²) in [5.74, 6) is 1.82. The highest BCUT2D eigenvalue weighted by Crippen LogP contribution is 3.12. The second kappa shape index (κ2) is 5.64. The van der Waals surface area contributed by atoms with E-state index in [1.54, 1.807) is 12.1 Å². The summed E-state index contributed by atoms with van der Waals surface area (Å²) in [6, 6.07) is 3.55. The zero-order chi connectivity index (χ0) is 20.8. The molecule has 156 valence electrons. The van der Waals surface area contributed by atoms with Crippen LogP contribution in [0.4, 0.5) is 0 Å². The Kier molecular flexibility index (Phi) is 3.64. The lowest BCUT2D eigenvalue weighted by atomic mass is 9.76. The number of hydrogen-bond acceptors (Lipinski definition) is 6. The summed E-state index contributed by atoms with van der Waals surface area (Å²) in [7, 11) is 0. The molecule has 0 saturated heterocycles. The van der Waals surface area contributed by atoms with Crippen molar-refractivity contribution in [2.45, 2.75) is 63.2 Å². The van der Waals surface area contributed by atoms with Crippen LogP contribution in [-0.4, -0.2) is 27.7 Å².